The monoisotopic (exact) mass is 346 g/mol. The van der Waals surface area contributed by atoms with E-state index in [1.165, 1.54) is 26.4 Å². The van der Waals surface area contributed by atoms with Crippen LogP contribution in [-0.4, -0.2) is 31.8 Å². The molecule has 128 valence electrons. The topological polar surface area (TPSA) is 99.9 Å². The van der Waals surface area contributed by atoms with E-state index >= 15 is 0 Å². The van der Waals surface area contributed by atoms with Gasteiger partial charge in [0, 0.05) is 5.41 Å². The number of alkyl carbamates (subject to hydrolysis) is 1. The van der Waals surface area contributed by atoms with Crippen LogP contribution in [0.4, 0.5) is 10.5 Å². The normalized spacial score (nSPS) is 19.0. The van der Waals surface area contributed by atoms with E-state index in [0.29, 0.717) is 11.3 Å². The van der Waals surface area contributed by atoms with Crippen LogP contribution in [-0.2, 0) is 4.74 Å². The molecule has 1 amide bonds. The molecule has 8 nitrogen and oxygen atoms in total. The van der Waals surface area contributed by atoms with Gasteiger partial charge in [0.15, 0.2) is 11.5 Å². The van der Waals surface area contributed by atoms with Crippen molar-refractivity contribution in [3.8, 4) is 11.5 Å². The first-order valence-corrected chi connectivity index (χ1v) is 6.63. The van der Waals surface area contributed by atoms with Gasteiger partial charge in [-0.3, -0.25) is 10.1 Å². The molecule has 0 aliphatic carbocycles. The van der Waals surface area contributed by atoms with E-state index in [4.69, 9.17) is 14.2 Å². The maximum atomic E-state index is 11.5. The van der Waals surface area contributed by atoms with Crippen LogP contribution >= 0.6 is 12.4 Å². The lowest BCUT2D eigenvalue weighted by atomic mass is 9.79. The van der Waals surface area contributed by atoms with Crippen molar-refractivity contribution in [2.75, 3.05) is 20.8 Å². The van der Waals surface area contributed by atoms with Crippen molar-refractivity contribution < 1.29 is 23.9 Å². The molecule has 0 unspecified atom stereocenters. The Kier molecular flexibility index (Phi) is 5.65. The molecule has 1 fully saturated rings. The van der Waals surface area contributed by atoms with Gasteiger partial charge in [0.1, 0.15) is 6.61 Å². The number of rotatable bonds is 4. The average Bonchev–Trinajstić information content (AvgIpc) is 2.48. The number of nitrogens with one attached hydrogen (secondary N) is 1. The third-order valence-electron chi connectivity index (χ3n) is 3.66. The highest BCUT2D eigenvalue weighted by Gasteiger charge is 2.41. The number of nitrogens with zero attached hydrogens (tertiary/aromatic N) is 1. The Balaban J connectivity index is 0.00000264. The van der Waals surface area contributed by atoms with Crippen LogP contribution < -0.4 is 14.8 Å². The fourth-order valence-corrected chi connectivity index (χ4v) is 2.46. The average molecular weight is 347 g/mol. The number of ether oxygens (including phenoxy) is 3. The Labute approximate surface area is 139 Å². The second-order valence-corrected chi connectivity index (χ2v) is 5.67. The van der Waals surface area contributed by atoms with Crippen LogP contribution in [0.3, 0.4) is 0 Å². The van der Waals surface area contributed by atoms with Crippen molar-refractivity contribution in [3.63, 3.8) is 0 Å². The van der Waals surface area contributed by atoms with Crippen LogP contribution in [0.15, 0.2) is 12.1 Å². The molecule has 1 aliphatic rings. The van der Waals surface area contributed by atoms with Crippen molar-refractivity contribution in [2.24, 2.45) is 5.41 Å². The molecule has 2 rings (SSSR count). The zero-order chi connectivity index (χ0) is 16.5. The molecule has 0 saturated carbocycles. The third kappa shape index (κ3) is 3.58. The van der Waals surface area contributed by atoms with Crippen LogP contribution in [0, 0.1) is 15.5 Å². The summed E-state index contributed by atoms with van der Waals surface area (Å²) >= 11 is 0. The Morgan fingerprint density at radius 2 is 1.87 bits per heavy atom. The largest absolute Gasteiger partial charge is 0.493 e. The summed E-state index contributed by atoms with van der Waals surface area (Å²) in [5.41, 5.74) is -0.305. The van der Waals surface area contributed by atoms with Crippen LogP contribution in [0.1, 0.15) is 25.5 Å². The molecule has 0 bridgehead atoms. The van der Waals surface area contributed by atoms with Crippen LogP contribution in [0.25, 0.3) is 0 Å². The van der Waals surface area contributed by atoms with Gasteiger partial charge in [-0.2, -0.15) is 0 Å². The Morgan fingerprint density at radius 3 is 2.39 bits per heavy atom. The first-order valence-electron chi connectivity index (χ1n) is 6.63. The van der Waals surface area contributed by atoms with Crippen LogP contribution in [0.2, 0.25) is 0 Å². The van der Waals surface area contributed by atoms with Crippen LogP contribution in [0.5, 0.6) is 11.5 Å². The maximum Gasteiger partial charge on any atom is 0.407 e. The van der Waals surface area contributed by atoms with Gasteiger partial charge in [-0.15, -0.1) is 12.4 Å². The number of methoxy groups -OCH3 is 2. The molecule has 1 aromatic rings. The SMILES string of the molecule is COc1cc([C@@H]2NC(=O)OCC2(C)C)c([N+](=O)[O-])cc1OC.Cl. The zero-order valence-electron chi connectivity index (χ0n) is 13.2. The number of amides is 1. The van der Waals surface area contributed by atoms with E-state index in [0.717, 1.165) is 0 Å². The van der Waals surface area contributed by atoms with Gasteiger partial charge in [-0.1, -0.05) is 13.8 Å². The predicted molar refractivity (Wildman–Crippen MR) is 84.5 cm³/mol. The lowest BCUT2D eigenvalue weighted by molar-refractivity contribution is -0.386. The standard InChI is InChI=1S/C14H18N2O6.ClH/c1-14(2)7-22-13(17)15-12(14)8-5-10(20-3)11(21-4)6-9(8)16(18)19;/h5-6,12H,7H2,1-4H3,(H,15,17);1H/t12-;/m0./s1. The molecule has 1 atom stereocenters. The minimum atomic E-state index is -0.603. The summed E-state index contributed by atoms with van der Waals surface area (Å²) < 4.78 is 15.3. The quantitative estimate of drug-likeness (QED) is 0.664. The van der Waals surface area contributed by atoms with E-state index < -0.39 is 22.5 Å². The fraction of sp³-hybridized carbons (Fsp3) is 0.500. The van der Waals surface area contributed by atoms with Gasteiger partial charge in [0.25, 0.3) is 5.69 Å². The molecule has 1 aliphatic heterocycles. The minimum absolute atomic E-state index is 0. The molecule has 1 saturated heterocycles. The van der Waals surface area contributed by atoms with Gasteiger partial charge in [-0.05, 0) is 6.07 Å². The lowest BCUT2D eigenvalue weighted by Crippen LogP contribution is -2.47. The molecule has 9 heteroatoms. The van der Waals surface area contributed by atoms with Gasteiger partial charge >= 0.3 is 6.09 Å². The number of nitro benzene ring substituents is 1. The van der Waals surface area contributed by atoms with E-state index in [2.05, 4.69) is 5.32 Å². The molecular weight excluding hydrogens is 328 g/mol. The summed E-state index contributed by atoms with van der Waals surface area (Å²) in [6.45, 7) is 3.88. The second-order valence-electron chi connectivity index (χ2n) is 5.67. The number of hydrogen-bond acceptors (Lipinski definition) is 6. The number of carbonyl (C=O) groups is 1. The molecule has 1 heterocycles. The van der Waals surface area contributed by atoms with Crippen molar-refractivity contribution >= 4 is 24.2 Å². The first kappa shape index (κ1) is 18.8. The minimum Gasteiger partial charge on any atom is -0.493 e. The van der Waals surface area contributed by atoms with Gasteiger partial charge < -0.3 is 19.5 Å². The summed E-state index contributed by atoms with van der Waals surface area (Å²) in [5, 5.41) is 14.0. The maximum absolute atomic E-state index is 11.5. The molecule has 1 N–H and O–H groups in total. The first-order chi connectivity index (χ1) is 10.3. The predicted octanol–water partition coefficient (Wildman–Crippen LogP) is 2.84. The highest BCUT2D eigenvalue weighted by Crippen LogP contribution is 2.44. The Bertz CT molecular complexity index is 620. The highest BCUT2D eigenvalue weighted by atomic mass is 35.5. The summed E-state index contributed by atoms with van der Waals surface area (Å²) in [4.78, 5) is 22.4. The van der Waals surface area contributed by atoms with E-state index in [1.54, 1.807) is 0 Å². The molecular formula is C14H19ClN2O6. The zero-order valence-corrected chi connectivity index (χ0v) is 14.1. The van der Waals surface area contributed by atoms with Crippen molar-refractivity contribution in [1.82, 2.24) is 5.32 Å². The summed E-state index contributed by atoms with van der Waals surface area (Å²) in [6.07, 6.45) is -0.603. The van der Waals surface area contributed by atoms with Crippen molar-refractivity contribution in [1.29, 1.82) is 0 Å². The summed E-state index contributed by atoms with van der Waals surface area (Å²) in [7, 11) is 2.85. The molecule has 1 aromatic carbocycles. The Hall–Kier alpha value is -2.22. The van der Waals surface area contributed by atoms with Gasteiger partial charge in [0.05, 0.1) is 36.8 Å². The van der Waals surface area contributed by atoms with E-state index in [-0.39, 0.29) is 30.5 Å². The van der Waals surface area contributed by atoms with Gasteiger partial charge in [0.2, 0.25) is 0 Å². The number of benzene rings is 1. The lowest BCUT2D eigenvalue weighted by Gasteiger charge is -2.38. The third-order valence-corrected chi connectivity index (χ3v) is 3.66. The number of nitro groups is 1. The molecule has 0 radical (unpaired) electrons. The number of hydrogen-bond donors (Lipinski definition) is 1. The summed E-state index contributed by atoms with van der Waals surface area (Å²) in [6, 6.07) is 2.25. The number of carbonyl (C=O) groups excluding carboxylic acids is 1. The molecule has 0 aromatic heterocycles. The second kappa shape index (κ2) is 6.91. The highest BCUT2D eigenvalue weighted by molar-refractivity contribution is 5.85. The van der Waals surface area contributed by atoms with E-state index in [1.807, 2.05) is 13.8 Å². The molecule has 23 heavy (non-hydrogen) atoms. The number of halogens is 1. The number of cyclic esters (lactones) is 1. The van der Waals surface area contributed by atoms with Crippen molar-refractivity contribution in [2.45, 2.75) is 19.9 Å². The fourth-order valence-electron chi connectivity index (χ4n) is 2.46. The van der Waals surface area contributed by atoms with E-state index in [9.17, 15) is 14.9 Å². The summed E-state index contributed by atoms with van der Waals surface area (Å²) in [5.74, 6) is 0.619. The smallest absolute Gasteiger partial charge is 0.407 e. The van der Waals surface area contributed by atoms with Gasteiger partial charge in [-0.25, -0.2) is 4.79 Å². The Morgan fingerprint density at radius 1 is 1.30 bits per heavy atom. The van der Waals surface area contributed by atoms with Crippen molar-refractivity contribution in [3.05, 3.63) is 27.8 Å². The molecule has 0 spiro atoms.